The molecule has 0 radical (unpaired) electrons. The van der Waals surface area contributed by atoms with E-state index < -0.39 is 40.8 Å². The van der Waals surface area contributed by atoms with Crippen molar-refractivity contribution < 1.29 is 32.6 Å². The lowest BCUT2D eigenvalue weighted by atomic mass is 10.1. The summed E-state index contributed by atoms with van der Waals surface area (Å²) >= 11 is 0. The number of carboxylic acid groups (broad SMARTS) is 1. The number of hydrogen-bond acceptors (Lipinski definition) is 3. The third-order valence-electron chi connectivity index (χ3n) is 2.44. The number of carbonyl (C=O) groups is 1. The molecule has 100 valence electrons. The Bertz CT molecular complexity index is 636. The molecule has 2 aromatic rings. The quantitative estimate of drug-likeness (QED) is 0.842. The molecule has 7 heteroatoms. The highest BCUT2D eigenvalue weighted by Crippen LogP contribution is 2.27. The Morgan fingerprint density at radius 3 is 2.32 bits per heavy atom. The van der Waals surface area contributed by atoms with Gasteiger partial charge in [-0.2, -0.15) is 0 Å². The molecule has 4 nitrogen and oxygen atoms in total. The smallest absolute Gasteiger partial charge is 0.371 e. The van der Waals surface area contributed by atoms with Crippen LogP contribution >= 0.6 is 0 Å². The fraction of sp³-hybridized carbons (Fsp3) is 0.0833. The van der Waals surface area contributed by atoms with Gasteiger partial charge in [-0.05, 0) is 18.2 Å². The third-order valence-corrected chi connectivity index (χ3v) is 2.44. The highest BCUT2D eigenvalue weighted by molar-refractivity contribution is 5.84. The number of aromatic carboxylic acids is 1. The van der Waals surface area contributed by atoms with Crippen LogP contribution in [0.1, 0.15) is 28.0 Å². The molecule has 1 aromatic heterocycles. The molecule has 0 aliphatic heterocycles. The first-order valence-corrected chi connectivity index (χ1v) is 5.05. The van der Waals surface area contributed by atoms with Gasteiger partial charge in [0.25, 0.3) is 0 Å². The van der Waals surface area contributed by atoms with Crippen molar-refractivity contribution in [2.24, 2.45) is 0 Å². The zero-order valence-corrected chi connectivity index (χ0v) is 9.23. The van der Waals surface area contributed by atoms with Gasteiger partial charge < -0.3 is 14.6 Å². The van der Waals surface area contributed by atoms with E-state index in [2.05, 4.69) is 0 Å². The number of aliphatic hydroxyl groups excluding tert-OH is 1. The molecular formula is C12H7F3O4. The number of aliphatic hydroxyl groups is 1. The van der Waals surface area contributed by atoms with Crippen molar-refractivity contribution in [1.29, 1.82) is 0 Å². The second-order valence-corrected chi connectivity index (χ2v) is 3.70. The van der Waals surface area contributed by atoms with Gasteiger partial charge in [-0.25, -0.2) is 18.0 Å². The van der Waals surface area contributed by atoms with Crippen molar-refractivity contribution in [3.63, 3.8) is 0 Å². The Morgan fingerprint density at radius 2 is 1.74 bits per heavy atom. The summed E-state index contributed by atoms with van der Waals surface area (Å²) in [7, 11) is 0. The second-order valence-electron chi connectivity index (χ2n) is 3.70. The second kappa shape index (κ2) is 4.77. The van der Waals surface area contributed by atoms with Gasteiger partial charge in [0.15, 0.2) is 11.6 Å². The molecule has 0 saturated heterocycles. The average Bonchev–Trinajstić information content (AvgIpc) is 2.82. The van der Waals surface area contributed by atoms with Crippen LogP contribution in [0.5, 0.6) is 0 Å². The van der Waals surface area contributed by atoms with Crippen LogP contribution in [-0.4, -0.2) is 16.2 Å². The topological polar surface area (TPSA) is 70.7 Å². The van der Waals surface area contributed by atoms with Crippen LogP contribution in [0.4, 0.5) is 13.2 Å². The molecule has 1 aromatic carbocycles. The lowest BCUT2D eigenvalue weighted by molar-refractivity contribution is 0.0654. The van der Waals surface area contributed by atoms with E-state index in [1.807, 2.05) is 0 Å². The minimum absolute atomic E-state index is 0.287. The fourth-order valence-corrected chi connectivity index (χ4v) is 1.52. The SMILES string of the molecule is O=C(O)c1ccc(C(O)c2cc(F)c(F)cc2F)o1. The number of rotatable bonds is 3. The average molecular weight is 272 g/mol. The van der Waals surface area contributed by atoms with Gasteiger partial charge in [0.2, 0.25) is 5.76 Å². The van der Waals surface area contributed by atoms with Crippen LogP contribution in [0.15, 0.2) is 28.7 Å². The third kappa shape index (κ3) is 2.45. The summed E-state index contributed by atoms with van der Waals surface area (Å²) in [6.07, 6.45) is -1.73. The number of benzene rings is 1. The van der Waals surface area contributed by atoms with Crippen molar-refractivity contribution in [3.05, 3.63) is 58.8 Å². The standard InChI is InChI=1S/C12H7F3O4/c13-6-4-8(15)7(14)3-5(6)11(16)9-1-2-10(19-9)12(17)18/h1-4,11,16H,(H,17,18). The summed E-state index contributed by atoms with van der Waals surface area (Å²) in [5.41, 5.74) is -0.551. The van der Waals surface area contributed by atoms with E-state index >= 15 is 0 Å². The lowest BCUT2D eigenvalue weighted by Gasteiger charge is -2.09. The summed E-state index contributed by atoms with van der Waals surface area (Å²) in [5, 5.41) is 18.4. The van der Waals surface area contributed by atoms with Crippen LogP contribution in [0.2, 0.25) is 0 Å². The first-order valence-electron chi connectivity index (χ1n) is 5.05. The Balaban J connectivity index is 2.40. The monoisotopic (exact) mass is 272 g/mol. The van der Waals surface area contributed by atoms with E-state index in [9.17, 15) is 23.1 Å². The molecule has 0 bridgehead atoms. The minimum atomic E-state index is -1.73. The summed E-state index contributed by atoms with van der Waals surface area (Å²) in [6.45, 7) is 0. The highest BCUT2D eigenvalue weighted by Gasteiger charge is 2.22. The van der Waals surface area contributed by atoms with Crippen molar-refractivity contribution in [2.45, 2.75) is 6.10 Å². The molecule has 0 saturated carbocycles. The molecular weight excluding hydrogens is 265 g/mol. The molecule has 2 rings (SSSR count). The van der Waals surface area contributed by atoms with E-state index in [0.717, 1.165) is 12.1 Å². The van der Waals surface area contributed by atoms with Crippen LogP contribution in [-0.2, 0) is 0 Å². The molecule has 2 N–H and O–H groups in total. The summed E-state index contributed by atoms with van der Waals surface area (Å²) in [4.78, 5) is 10.6. The Morgan fingerprint density at radius 1 is 1.11 bits per heavy atom. The maximum absolute atomic E-state index is 13.4. The summed E-state index contributed by atoms with van der Waals surface area (Å²) in [5.74, 6) is -6.01. The number of carboxylic acids is 1. The molecule has 0 fully saturated rings. The zero-order valence-electron chi connectivity index (χ0n) is 9.23. The van der Waals surface area contributed by atoms with Gasteiger partial charge in [-0.3, -0.25) is 0 Å². The first-order chi connectivity index (χ1) is 8.90. The van der Waals surface area contributed by atoms with E-state index in [1.165, 1.54) is 0 Å². The maximum Gasteiger partial charge on any atom is 0.371 e. The fourth-order valence-electron chi connectivity index (χ4n) is 1.52. The van der Waals surface area contributed by atoms with Gasteiger partial charge in [0, 0.05) is 11.6 Å². The van der Waals surface area contributed by atoms with E-state index in [4.69, 9.17) is 9.52 Å². The van der Waals surface area contributed by atoms with Gasteiger partial charge in [0.05, 0.1) is 0 Å². The molecule has 1 unspecified atom stereocenters. The largest absolute Gasteiger partial charge is 0.475 e. The molecule has 0 amide bonds. The van der Waals surface area contributed by atoms with Crippen LogP contribution in [0.3, 0.4) is 0 Å². The van der Waals surface area contributed by atoms with Crippen molar-refractivity contribution in [1.82, 2.24) is 0 Å². The zero-order chi connectivity index (χ0) is 14.2. The molecule has 19 heavy (non-hydrogen) atoms. The minimum Gasteiger partial charge on any atom is -0.475 e. The number of hydrogen-bond donors (Lipinski definition) is 2. The predicted octanol–water partition coefficient (Wildman–Crippen LogP) is 2.48. The van der Waals surface area contributed by atoms with Crippen LogP contribution < -0.4 is 0 Å². The number of halogens is 3. The Labute approximate surface area is 104 Å². The van der Waals surface area contributed by atoms with E-state index in [0.29, 0.717) is 6.07 Å². The van der Waals surface area contributed by atoms with Gasteiger partial charge in [-0.1, -0.05) is 0 Å². The predicted molar refractivity (Wildman–Crippen MR) is 56.0 cm³/mol. The maximum atomic E-state index is 13.4. The summed E-state index contributed by atoms with van der Waals surface area (Å²) in [6, 6.07) is 2.93. The van der Waals surface area contributed by atoms with E-state index in [1.54, 1.807) is 0 Å². The molecule has 0 aliphatic rings. The van der Waals surface area contributed by atoms with Crippen molar-refractivity contribution in [3.8, 4) is 0 Å². The molecule has 0 spiro atoms. The normalized spacial score (nSPS) is 12.4. The van der Waals surface area contributed by atoms with Crippen LogP contribution in [0.25, 0.3) is 0 Å². The van der Waals surface area contributed by atoms with Crippen LogP contribution in [0, 0.1) is 17.5 Å². The molecule has 0 aliphatic carbocycles. The highest BCUT2D eigenvalue weighted by atomic mass is 19.2. The van der Waals surface area contributed by atoms with Crippen molar-refractivity contribution >= 4 is 5.97 Å². The van der Waals surface area contributed by atoms with Gasteiger partial charge in [-0.15, -0.1) is 0 Å². The number of furan rings is 1. The molecule has 1 heterocycles. The summed E-state index contributed by atoms with van der Waals surface area (Å²) < 4.78 is 43.9. The van der Waals surface area contributed by atoms with Crippen molar-refractivity contribution in [2.75, 3.05) is 0 Å². The molecule has 1 atom stereocenters. The van der Waals surface area contributed by atoms with Gasteiger partial charge >= 0.3 is 5.97 Å². The Hall–Kier alpha value is -2.28. The first kappa shape index (κ1) is 13.2. The van der Waals surface area contributed by atoms with E-state index in [-0.39, 0.29) is 11.8 Å². The lowest BCUT2D eigenvalue weighted by Crippen LogP contribution is -2.04. The Kier molecular flexibility index (Phi) is 3.30. The van der Waals surface area contributed by atoms with Gasteiger partial charge in [0.1, 0.15) is 17.7 Å².